The number of anilines is 1. The zero-order chi connectivity index (χ0) is 10.6. The van der Waals surface area contributed by atoms with Crippen LogP contribution in [0.25, 0.3) is 0 Å². The van der Waals surface area contributed by atoms with Crippen molar-refractivity contribution in [3.63, 3.8) is 0 Å². The maximum atomic E-state index is 10.8. The van der Waals surface area contributed by atoms with E-state index in [0.717, 1.165) is 12.1 Å². The van der Waals surface area contributed by atoms with Crippen LogP contribution in [0.4, 0.5) is 5.69 Å². The molecule has 1 rings (SSSR count). The molecule has 0 bridgehead atoms. The number of hydrogen-bond donors (Lipinski definition) is 2. The van der Waals surface area contributed by atoms with Crippen molar-refractivity contribution in [3.8, 4) is 0 Å². The Morgan fingerprint density at radius 2 is 2.29 bits per heavy atom. The van der Waals surface area contributed by atoms with E-state index in [1.54, 1.807) is 6.92 Å². The van der Waals surface area contributed by atoms with Crippen LogP contribution in [0.15, 0.2) is 24.3 Å². The highest BCUT2D eigenvalue weighted by Gasteiger charge is 2.07. The van der Waals surface area contributed by atoms with E-state index < -0.39 is 0 Å². The molecule has 0 saturated carbocycles. The number of carbonyl (C=O) groups excluding carboxylic acids is 1. The SMILES string of the molecule is CCc1cccc(NC(C)C(N)=O)c1. The van der Waals surface area contributed by atoms with Crippen molar-refractivity contribution < 1.29 is 4.79 Å². The Bertz CT molecular complexity index is 323. The first kappa shape index (κ1) is 10.6. The summed E-state index contributed by atoms with van der Waals surface area (Å²) in [6.07, 6.45) is 0.987. The largest absolute Gasteiger partial charge is 0.374 e. The molecule has 0 saturated heterocycles. The molecule has 1 amide bonds. The maximum Gasteiger partial charge on any atom is 0.239 e. The molecule has 3 heteroatoms. The number of aryl methyl sites for hydroxylation is 1. The van der Waals surface area contributed by atoms with E-state index >= 15 is 0 Å². The molecule has 76 valence electrons. The minimum Gasteiger partial charge on any atom is -0.374 e. The molecule has 1 aromatic rings. The number of benzene rings is 1. The van der Waals surface area contributed by atoms with E-state index in [4.69, 9.17) is 5.73 Å². The lowest BCUT2D eigenvalue weighted by Gasteiger charge is -2.12. The fraction of sp³-hybridized carbons (Fsp3) is 0.364. The van der Waals surface area contributed by atoms with E-state index in [-0.39, 0.29) is 11.9 Å². The zero-order valence-electron chi connectivity index (χ0n) is 8.58. The third-order valence-corrected chi connectivity index (χ3v) is 2.15. The van der Waals surface area contributed by atoms with E-state index in [1.807, 2.05) is 18.2 Å². The van der Waals surface area contributed by atoms with Gasteiger partial charge in [-0.1, -0.05) is 19.1 Å². The van der Waals surface area contributed by atoms with Crippen LogP contribution in [0.1, 0.15) is 19.4 Å². The normalized spacial score (nSPS) is 12.1. The highest BCUT2D eigenvalue weighted by atomic mass is 16.1. The molecule has 0 aliphatic rings. The first-order chi connectivity index (χ1) is 6.63. The summed E-state index contributed by atoms with van der Waals surface area (Å²) in [5.41, 5.74) is 7.34. The third kappa shape index (κ3) is 2.76. The van der Waals surface area contributed by atoms with Gasteiger partial charge < -0.3 is 11.1 Å². The number of primary amides is 1. The molecular formula is C11H16N2O. The predicted molar refractivity (Wildman–Crippen MR) is 58.1 cm³/mol. The molecule has 0 heterocycles. The summed E-state index contributed by atoms with van der Waals surface area (Å²) < 4.78 is 0. The Labute approximate surface area is 84.3 Å². The molecular weight excluding hydrogens is 176 g/mol. The molecule has 0 fully saturated rings. The smallest absolute Gasteiger partial charge is 0.239 e. The summed E-state index contributed by atoms with van der Waals surface area (Å²) >= 11 is 0. The van der Waals surface area contributed by atoms with E-state index in [1.165, 1.54) is 5.56 Å². The molecule has 3 nitrogen and oxygen atoms in total. The van der Waals surface area contributed by atoms with Gasteiger partial charge in [0.1, 0.15) is 6.04 Å². The third-order valence-electron chi connectivity index (χ3n) is 2.15. The van der Waals surface area contributed by atoms with E-state index in [9.17, 15) is 4.79 Å². The Kier molecular flexibility index (Phi) is 3.51. The van der Waals surface area contributed by atoms with E-state index in [0.29, 0.717) is 0 Å². The van der Waals surface area contributed by atoms with Crippen LogP contribution >= 0.6 is 0 Å². The monoisotopic (exact) mass is 192 g/mol. The standard InChI is InChI=1S/C11H16N2O/c1-3-9-5-4-6-10(7-9)13-8(2)11(12)14/h4-8,13H,3H2,1-2H3,(H2,12,14). The zero-order valence-corrected chi connectivity index (χ0v) is 8.58. The molecule has 14 heavy (non-hydrogen) atoms. The maximum absolute atomic E-state index is 10.8. The van der Waals surface area contributed by atoms with Crippen molar-refractivity contribution in [2.24, 2.45) is 5.73 Å². The van der Waals surface area contributed by atoms with Crippen LogP contribution in [0.5, 0.6) is 0 Å². The summed E-state index contributed by atoms with van der Waals surface area (Å²) in [4.78, 5) is 10.8. The average Bonchev–Trinajstić information content (AvgIpc) is 2.18. The van der Waals surface area contributed by atoms with Gasteiger partial charge in [0.05, 0.1) is 0 Å². The molecule has 0 aliphatic heterocycles. The van der Waals surface area contributed by atoms with Crippen LogP contribution in [-0.2, 0) is 11.2 Å². The number of carbonyl (C=O) groups is 1. The van der Waals surface area contributed by atoms with Crippen molar-refractivity contribution in [3.05, 3.63) is 29.8 Å². The number of nitrogens with two attached hydrogens (primary N) is 1. The van der Waals surface area contributed by atoms with Gasteiger partial charge in [0, 0.05) is 5.69 Å². The molecule has 3 N–H and O–H groups in total. The summed E-state index contributed by atoms with van der Waals surface area (Å²) in [6, 6.07) is 7.65. The van der Waals surface area contributed by atoms with Gasteiger partial charge in [-0.05, 0) is 31.0 Å². The summed E-state index contributed by atoms with van der Waals surface area (Å²) in [6.45, 7) is 3.84. The van der Waals surface area contributed by atoms with Gasteiger partial charge in [-0.15, -0.1) is 0 Å². The van der Waals surface area contributed by atoms with Gasteiger partial charge in [-0.2, -0.15) is 0 Å². The van der Waals surface area contributed by atoms with Gasteiger partial charge in [0.2, 0.25) is 5.91 Å². The van der Waals surface area contributed by atoms with Crippen molar-refractivity contribution in [2.45, 2.75) is 26.3 Å². The van der Waals surface area contributed by atoms with Crippen LogP contribution in [0.3, 0.4) is 0 Å². The second-order valence-electron chi connectivity index (χ2n) is 3.32. The fourth-order valence-electron chi connectivity index (χ4n) is 1.20. The highest BCUT2D eigenvalue weighted by molar-refractivity contribution is 5.82. The molecule has 0 aromatic heterocycles. The lowest BCUT2D eigenvalue weighted by molar-refractivity contribution is -0.118. The van der Waals surface area contributed by atoms with Crippen LogP contribution in [0, 0.1) is 0 Å². The highest BCUT2D eigenvalue weighted by Crippen LogP contribution is 2.11. The first-order valence-corrected chi connectivity index (χ1v) is 4.78. The molecule has 1 aromatic carbocycles. The van der Waals surface area contributed by atoms with Crippen molar-refractivity contribution in [1.29, 1.82) is 0 Å². The Morgan fingerprint density at radius 1 is 1.57 bits per heavy atom. The minimum absolute atomic E-state index is 0.331. The second kappa shape index (κ2) is 4.65. The molecule has 1 unspecified atom stereocenters. The summed E-state index contributed by atoms with van der Waals surface area (Å²) in [5, 5.41) is 3.04. The number of amides is 1. The van der Waals surface area contributed by atoms with Gasteiger partial charge in [-0.25, -0.2) is 0 Å². The van der Waals surface area contributed by atoms with Gasteiger partial charge in [0.15, 0.2) is 0 Å². The van der Waals surface area contributed by atoms with Crippen molar-refractivity contribution in [2.75, 3.05) is 5.32 Å². The first-order valence-electron chi connectivity index (χ1n) is 4.78. The molecule has 0 spiro atoms. The molecule has 1 atom stereocenters. The second-order valence-corrected chi connectivity index (χ2v) is 3.32. The topological polar surface area (TPSA) is 55.1 Å². The Morgan fingerprint density at radius 3 is 2.86 bits per heavy atom. The number of nitrogens with one attached hydrogen (secondary N) is 1. The van der Waals surface area contributed by atoms with E-state index in [2.05, 4.69) is 18.3 Å². The minimum atomic E-state index is -0.341. The summed E-state index contributed by atoms with van der Waals surface area (Å²) in [5.74, 6) is -0.341. The lowest BCUT2D eigenvalue weighted by atomic mass is 10.1. The number of rotatable bonds is 4. The van der Waals surface area contributed by atoms with Crippen molar-refractivity contribution in [1.82, 2.24) is 0 Å². The van der Waals surface area contributed by atoms with Gasteiger partial charge >= 0.3 is 0 Å². The van der Waals surface area contributed by atoms with Crippen LogP contribution in [0.2, 0.25) is 0 Å². The Hall–Kier alpha value is -1.51. The predicted octanol–water partition coefficient (Wildman–Crippen LogP) is 1.53. The summed E-state index contributed by atoms with van der Waals surface area (Å²) in [7, 11) is 0. The average molecular weight is 192 g/mol. The lowest BCUT2D eigenvalue weighted by Crippen LogP contribution is -2.32. The molecule has 0 aliphatic carbocycles. The van der Waals surface area contributed by atoms with Crippen LogP contribution < -0.4 is 11.1 Å². The fourth-order valence-corrected chi connectivity index (χ4v) is 1.20. The Balaban J connectivity index is 2.71. The van der Waals surface area contributed by atoms with Gasteiger partial charge in [0.25, 0.3) is 0 Å². The van der Waals surface area contributed by atoms with Crippen molar-refractivity contribution >= 4 is 11.6 Å². The number of hydrogen-bond acceptors (Lipinski definition) is 2. The molecule has 0 radical (unpaired) electrons. The van der Waals surface area contributed by atoms with Crippen LogP contribution in [-0.4, -0.2) is 11.9 Å². The van der Waals surface area contributed by atoms with Gasteiger partial charge in [-0.3, -0.25) is 4.79 Å². The quantitative estimate of drug-likeness (QED) is 0.760.